The van der Waals surface area contributed by atoms with Crippen molar-refractivity contribution in [2.45, 2.75) is 17.7 Å². The zero-order valence-electron chi connectivity index (χ0n) is 8.83. The molecule has 0 N–H and O–H groups in total. The monoisotopic (exact) mass is 285 g/mol. The topological polar surface area (TPSA) is 20.3 Å². The second kappa shape index (κ2) is 4.95. The number of rotatable bonds is 1. The molecule has 86 valence electrons. The quantitative estimate of drug-likeness (QED) is 0.727. The van der Waals surface area contributed by atoms with Gasteiger partial charge in [0.05, 0.1) is 5.56 Å². The van der Waals surface area contributed by atoms with E-state index in [0.717, 1.165) is 12.8 Å². The Balaban J connectivity index is 2.11. The Hall–Kier alpha value is -0.900. The smallest absolute Gasteiger partial charge is 0.256 e. The summed E-state index contributed by atoms with van der Waals surface area (Å²) in [5.74, 6) is -0.633. The minimum atomic E-state index is -0.437. The largest absolute Gasteiger partial charge is 0.338 e. The zero-order valence-corrected chi connectivity index (χ0v) is 10.4. The summed E-state index contributed by atoms with van der Waals surface area (Å²) in [5.41, 5.74) is 0.176. The first-order valence-electron chi connectivity index (χ1n) is 5.36. The molecule has 0 saturated carbocycles. The molecule has 1 amide bonds. The number of piperidine rings is 1. The number of carbonyl (C=O) groups excluding carboxylic acids is 1. The van der Waals surface area contributed by atoms with Crippen LogP contribution < -0.4 is 0 Å². The van der Waals surface area contributed by atoms with Gasteiger partial charge in [0.1, 0.15) is 5.82 Å². The Bertz CT molecular complexity index is 388. The van der Waals surface area contributed by atoms with Crippen LogP contribution in [0.3, 0.4) is 0 Å². The molecule has 2 rings (SSSR count). The minimum Gasteiger partial charge on any atom is -0.338 e. The molecule has 1 aromatic carbocycles. The van der Waals surface area contributed by atoms with Crippen LogP contribution in [-0.2, 0) is 0 Å². The van der Waals surface area contributed by atoms with Crippen molar-refractivity contribution in [3.05, 3.63) is 35.6 Å². The maximum Gasteiger partial charge on any atom is 0.256 e. The predicted molar refractivity (Wildman–Crippen MR) is 64.3 cm³/mol. The second-order valence-corrected chi connectivity index (χ2v) is 5.24. The first kappa shape index (κ1) is 11.6. The van der Waals surface area contributed by atoms with Gasteiger partial charge in [-0.2, -0.15) is 0 Å². The van der Waals surface area contributed by atoms with Crippen molar-refractivity contribution in [2.24, 2.45) is 0 Å². The normalized spacial score (nSPS) is 17.5. The molecule has 0 unspecified atom stereocenters. The summed E-state index contributed by atoms with van der Waals surface area (Å²) in [6, 6.07) is 6.15. The molecular weight excluding hydrogens is 273 g/mol. The molecular formula is C12H13BrFNO. The third kappa shape index (κ3) is 2.43. The summed E-state index contributed by atoms with van der Waals surface area (Å²) in [7, 11) is 0. The maximum atomic E-state index is 13.4. The van der Waals surface area contributed by atoms with E-state index in [1.807, 2.05) is 0 Å². The van der Waals surface area contributed by atoms with E-state index >= 15 is 0 Å². The fourth-order valence-corrected chi connectivity index (χ4v) is 2.27. The van der Waals surface area contributed by atoms with Crippen LogP contribution >= 0.6 is 15.9 Å². The van der Waals surface area contributed by atoms with E-state index in [-0.39, 0.29) is 11.5 Å². The number of carbonyl (C=O) groups is 1. The second-order valence-electron chi connectivity index (χ2n) is 3.95. The van der Waals surface area contributed by atoms with Crippen LogP contribution in [-0.4, -0.2) is 28.7 Å². The predicted octanol–water partition coefficient (Wildman–Crippen LogP) is 2.83. The van der Waals surface area contributed by atoms with E-state index in [4.69, 9.17) is 0 Å². The number of likely N-dealkylation sites (tertiary alicyclic amines) is 1. The average Bonchev–Trinajstić information content (AvgIpc) is 2.30. The number of hydrogen-bond acceptors (Lipinski definition) is 1. The van der Waals surface area contributed by atoms with Crippen molar-refractivity contribution in [3.63, 3.8) is 0 Å². The Morgan fingerprint density at radius 1 is 1.31 bits per heavy atom. The molecule has 16 heavy (non-hydrogen) atoms. The number of hydrogen-bond donors (Lipinski definition) is 0. The lowest BCUT2D eigenvalue weighted by molar-refractivity contribution is 0.0723. The highest BCUT2D eigenvalue weighted by molar-refractivity contribution is 9.09. The van der Waals surface area contributed by atoms with Crippen molar-refractivity contribution in [2.75, 3.05) is 13.1 Å². The van der Waals surface area contributed by atoms with Crippen LogP contribution in [0.2, 0.25) is 0 Å². The van der Waals surface area contributed by atoms with E-state index in [9.17, 15) is 9.18 Å². The van der Waals surface area contributed by atoms with Gasteiger partial charge in [-0.25, -0.2) is 4.39 Å². The fourth-order valence-electron chi connectivity index (χ4n) is 1.86. The molecule has 2 nitrogen and oxygen atoms in total. The molecule has 1 heterocycles. The molecule has 0 radical (unpaired) electrons. The van der Waals surface area contributed by atoms with Gasteiger partial charge < -0.3 is 4.90 Å². The molecule has 0 aliphatic carbocycles. The molecule has 1 fully saturated rings. The molecule has 4 heteroatoms. The van der Waals surface area contributed by atoms with Crippen LogP contribution in [0.1, 0.15) is 23.2 Å². The van der Waals surface area contributed by atoms with Crippen LogP contribution in [0.5, 0.6) is 0 Å². The molecule has 0 spiro atoms. The Kier molecular flexibility index (Phi) is 3.59. The molecule has 0 bridgehead atoms. The van der Waals surface area contributed by atoms with Gasteiger partial charge in [0.15, 0.2) is 0 Å². The van der Waals surface area contributed by atoms with Crippen molar-refractivity contribution in [3.8, 4) is 0 Å². The Labute approximate surface area is 103 Å². The summed E-state index contributed by atoms with van der Waals surface area (Å²) >= 11 is 3.52. The van der Waals surface area contributed by atoms with Gasteiger partial charge in [0, 0.05) is 17.9 Å². The van der Waals surface area contributed by atoms with Crippen molar-refractivity contribution in [1.82, 2.24) is 4.90 Å². The summed E-state index contributed by atoms with van der Waals surface area (Å²) in [4.78, 5) is 14.2. The standard InChI is InChI=1S/C12H13BrFNO/c13-9-5-7-15(8-6-9)12(16)10-3-1-2-4-11(10)14/h1-4,9H,5-8H2. The van der Waals surface area contributed by atoms with E-state index < -0.39 is 5.82 Å². The molecule has 1 aliphatic heterocycles. The summed E-state index contributed by atoms with van der Waals surface area (Å²) < 4.78 is 13.4. The lowest BCUT2D eigenvalue weighted by Crippen LogP contribution is -2.39. The molecule has 1 aliphatic rings. The lowest BCUT2D eigenvalue weighted by Gasteiger charge is -2.29. The van der Waals surface area contributed by atoms with Crippen LogP contribution in [0, 0.1) is 5.82 Å². The van der Waals surface area contributed by atoms with E-state index in [2.05, 4.69) is 15.9 Å². The molecule has 1 aromatic rings. The van der Waals surface area contributed by atoms with Crippen LogP contribution in [0.4, 0.5) is 4.39 Å². The van der Waals surface area contributed by atoms with Gasteiger partial charge >= 0.3 is 0 Å². The summed E-state index contributed by atoms with van der Waals surface area (Å²) in [5, 5.41) is 0. The van der Waals surface area contributed by atoms with E-state index in [0.29, 0.717) is 17.9 Å². The molecule has 0 atom stereocenters. The first-order chi connectivity index (χ1) is 7.68. The average molecular weight is 286 g/mol. The number of amides is 1. The zero-order chi connectivity index (χ0) is 11.5. The van der Waals surface area contributed by atoms with Gasteiger partial charge in [-0.1, -0.05) is 28.1 Å². The first-order valence-corrected chi connectivity index (χ1v) is 6.28. The van der Waals surface area contributed by atoms with Gasteiger partial charge in [-0.15, -0.1) is 0 Å². The Morgan fingerprint density at radius 2 is 1.94 bits per heavy atom. The highest BCUT2D eigenvalue weighted by Crippen LogP contribution is 2.19. The van der Waals surface area contributed by atoms with Crippen molar-refractivity contribution in [1.29, 1.82) is 0 Å². The summed E-state index contributed by atoms with van der Waals surface area (Å²) in [6.45, 7) is 1.40. The van der Waals surface area contributed by atoms with Crippen molar-refractivity contribution >= 4 is 21.8 Å². The SMILES string of the molecule is O=C(c1ccccc1F)N1CCC(Br)CC1. The van der Waals surface area contributed by atoms with E-state index in [1.54, 1.807) is 17.0 Å². The molecule has 0 aromatic heterocycles. The highest BCUT2D eigenvalue weighted by Gasteiger charge is 2.23. The van der Waals surface area contributed by atoms with Crippen LogP contribution in [0.15, 0.2) is 24.3 Å². The number of halogens is 2. The number of alkyl halides is 1. The minimum absolute atomic E-state index is 0.176. The van der Waals surface area contributed by atoms with Gasteiger partial charge in [-0.3, -0.25) is 4.79 Å². The van der Waals surface area contributed by atoms with Gasteiger partial charge in [-0.05, 0) is 25.0 Å². The van der Waals surface area contributed by atoms with Gasteiger partial charge in [0.25, 0.3) is 5.91 Å². The number of nitrogens with zero attached hydrogens (tertiary/aromatic N) is 1. The van der Waals surface area contributed by atoms with E-state index in [1.165, 1.54) is 12.1 Å². The van der Waals surface area contributed by atoms with Gasteiger partial charge in [0.2, 0.25) is 0 Å². The van der Waals surface area contributed by atoms with Crippen molar-refractivity contribution < 1.29 is 9.18 Å². The fraction of sp³-hybridized carbons (Fsp3) is 0.417. The van der Waals surface area contributed by atoms with Crippen LogP contribution in [0.25, 0.3) is 0 Å². The third-order valence-corrected chi connectivity index (χ3v) is 3.73. The lowest BCUT2D eigenvalue weighted by atomic mass is 10.1. The number of benzene rings is 1. The molecule has 1 saturated heterocycles. The third-order valence-electron chi connectivity index (χ3n) is 2.82. The Morgan fingerprint density at radius 3 is 2.56 bits per heavy atom. The maximum absolute atomic E-state index is 13.4. The summed E-state index contributed by atoms with van der Waals surface area (Å²) in [6.07, 6.45) is 1.86. The highest BCUT2D eigenvalue weighted by atomic mass is 79.9.